The topological polar surface area (TPSA) is 78.9 Å². The third-order valence-electron chi connectivity index (χ3n) is 12.8. The number of ether oxygens (including phenoxy) is 3. The number of allylic oxidation sites excluding steroid dienone is 2. The largest absolute Gasteiger partial charge is 0.462 e. The van der Waals surface area contributed by atoms with Gasteiger partial charge in [0, 0.05) is 19.3 Å². The van der Waals surface area contributed by atoms with E-state index in [2.05, 4.69) is 32.9 Å². The van der Waals surface area contributed by atoms with Crippen LogP contribution in [0.4, 0.5) is 0 Å². The Hall–Kier alpha value is -1.85. The maximum Gasteiger partial charge on any atom is 0.306 e. The molecule has 63 heavy (non-hydrogen) atoms. The second-order valence-electron chi connectivity index (χ2n) is 19.2. The maximum atomic E-state index is 12.8. The van der Waals surface area contributed by atoms with Gasteiger partial charge >= 0.3 is 17.9 Å². The van der Waals surface area contributed by atoms with Crippen LogP contribution in [0, 0.1) is 0 Å². The molecule has 0 bridgehead atoms. The summed E-state index contributed by atoms with van der Waals surface area (Å²) in [6, 6.07) is 0. The number of carbonyl (C=O) groups is 3. The van der Waals surface area contributed by atoms with Gasteiger partial charge in [-0.1, -0.05) is 264 Å². The SMILES string of the molecule is CCCCCCCCC/C=C\CCCCCCCCCC(=O)OCC(COC(=O)CCCCCCCCCCCCCC)OC(=O)CCCCCCCCCCCCCCCCC. The predicted molar refractivity (Wildman–Crippen MR) is 270 cm³/mol. The molecular formula is C57H108O6. The van der Waals surface area contributed by atoms with Gasteiger partial charge in [0.05, 0.1) is 0 Å². The Kier molecular flexibility index (Phi) is 51.2. The average Bonchev–Trinajstić information content (AvgIpc) is 3.28. The Morgan fingerprint density at radius 3 is 0.794 bits per heavy atom. The van der Waals surface area contributed by atoms with E-state index < -0.39 is 6.10 Å². The van der Waals surface area contributed by atoms with E-state index in [4.69, 9.17) is 14.2 Å². The second kappa shape index (κ2) is 52.8. The molecule has 6 nitrogen and oxygen atoms in total. The Bertz CT molecular complexity index is 978. The molecule has 0 amide bonds. The molecule has 0 aliphatic heterocycles. The van der Waals surface area contributed by atoms with Gasteiger partial charge in [0.1, 0.15) is 13.2 Å². The smallest absolute Gasteiger partial charge is 0.306 e. The first kappa shape index (κ1) is 61.1. The zero-order chi connectivity index (χ0) is 45.8. The summed E-state index contributed by atoms with van der Waals surface area (Å²) in [6.07, 6.45) is 59.1. The highest BCUT2D eigenvalue weighted by Gasteiger charge is 2.19. The molecule has 6 heteroatoms. The minimum atomic E-state index is -0.765. The molecule has 0 spiro atoms. The first-order chi connectivity index (χ1) is 31.0. The molecule has 0 aromatic rings. The molecule has 0 saturated heterocycles. The van der Waals surface area contributed by atoms with E-state index in [1.807, 2.05) is 0 Å². The number of carbonyl (C=O) groups excluding carboxylic acids is 3. The number of esters is 3. The van der Waals surface area contributed by atoms with Crippen LogP contribution in [-0.4, -0.2) is 37.2 Å². The van der Waals surface area contributed by atoms with Gasteiger partial charge in [-0.25, -0.2) is 0 Å². The Morgan fingerprint density at radius 1 is 0.302 bits per heavy atom. The van der Waals surface area contributed by atoms with Gasteiger partial charge in [-0.3, -0.25) is 14.4 Å². The predicted octanol–water partition coefficient (Wildman–Crippen LogP) is 18.5. The molecule has 0 aliphatic rings. The van der Waals surface area contributed by atoms with Crippen LogP contribution in [0.1, 0.15) is 316 Å². The van der Waals surface area contributed by atoms with Crippen molar-refractivity contribution in [2.75, 3.05) is 13.2 Å². The molecule has 0 rings (SSSR count). The summed E-state index contributed by atoms with van der Waals surface area (Å²) in [5.74, 6) is -0.848. The third-order valence-corrected chi connectivity index (χ3v) is 12.8. The summed E-state index contributed by atoms with van der Waals surface area (Å²) in [7, 11) is 0. The number of hydrogen-bond donors (Lipinski definition) is 0. The molecule has 0 N–H and O–H groups in total. The molecule has 0 aliphatic carbocycles. The van der Waals surface area contributed by atoms with Crippen molar-refractivity contribution in [3.63, 3.8) is 0 Å². The van der Waals surface area contributed by atoms with Gasteiger partial charge in [-0.2, -0.15) is 0 Å². The van der Waals surface area contributed by atoms with E-state index >= 15 is 0 Å². The zero-order valence-electron chi connectivity index (χ0n) is 42.6. The molecule has 372 valence electrons. The monoisotopic (exact) mass is 889 g/mol. The van der Waals surface area contributed by atoms with Gasteiger partial charge in [0.2, 0.25) is 0 Å². The highest BCUT2D eigenvalue weighted by molar-refractivity contribution is 5.71. The minimum Gasteiger partial charge on any atom is -0.462 e. The fourth-order valence-corrected chi connectivity index (χ4v) is 8.50. The van der Waals surface area contributed by atoms with Crippen LogP contribution >= 0.6 is 0 Å². The zero-order valence-corrected chi connectivity index (χ0v) is 42.6. The van der Waals surface area contributed by atoms with E-state index in [1.165, 1.54) is 218 Å². The number of hydrogen-bond acceptors (Lipinski definition) is 6. The van der Waals surface area contributed by atoms with Crippen molar-refractivity contribution in [2.24, 2.45) is 0 Å². The number of unbranched alkanes of at least 4 members (excludes halogenated alkanes) is 39. The summed E-state index contributed by atoms with van der Waals surface area (Å²) >= 11 is 0. The quantitative estimate of drug-likeness (QED) is 0.0262. The molecule has 1 atom stereocenters. The standard InChI is InChI=1S/C57H108O6/c1-4-7-10-13-16-19-22-25-27-28-29-31-32-35-38-41-44-47-50-56(59)62-53-54(52-61-55(58)49-46-43-40-37-34-24-21-18-15-12-9-6-3)63-57(60)51-48-45-42-39-36-33-30-26-23-20-17-14-11-8-5-2/h27-28,54H,4-26,29-53H2,1-3H3/b28-27-. The summed E-state index contributed by atoms with van der Waals surface area (Å²) in [4.78, 5) is 38.1. The summed E-state index contributed by atoms with van der Waals surface area (Å²) in [6.45, 7) is 6.68. The fraction of sp³-hybridized carbons (Fsp3) is 0.912. The van der Waals surface area contributed by atoms with Crippen LogP contribution in [0.3, 0.4) is 0 Å². The molecule has 0 saturated carbocycles. The summed E-state index contributed by atoms with van der Waals surface area (Å²) in [5, 5.41) is 0. The van der Waals surface area contributed by atoms with Crippen molar-refractivity contribution < 1.29 is 28.6 Å². The molecule has 0 aromatic heterocycles. The van der Waals surface area contributed by atoms with Crippen LogP contribution in [0.15, 0.2) is 12.2 Å². The van der Waals surface area contributed by atoms with E-state index in [9.17, 15) is 14.4 Å². The lowest BCUT2D eigenvalue weighted by Gasteiger charge is -2.18. The van der Waals surface area contributed by atoms with Gasteiger partial charge in [-0.05, 0) is 44.9 Å². The van der Waals surface area contributed by atoms with Crippen molar-refractivity contribution in [1.29, 1.82) is 0 Å². The normalized spacial score (nSPS) is 12.0. The molecule has 0 heterocycles. The average molecular weight is 889 g/mol. The highest BCUT2D eigenvalue weighted by atomic mass is 16.6. The van der Waals surface area contributed by atoms with Gasteiger partial charge in [0.15, 0.2) is 6.10 Å². The lowest BCUT2D eigenvalue weighted by Crippen LogP contribution is -2.30. The first-order valence-electron chi connectivity index (χ1n) is 28.2. The van der Waals surface area contributed by atoms with E-state index in [0.717, 1.165) is 57.8 Å². The fourth-order valence-electron chi connectivity index (χ4n) is 8.50. The lowest BCUT2D eigenvalue weighted by molar-refractivity contribution is -0.167. The molecular weight excluding hydrogens is 781 g/mol. The maximum absolute atomic E-state index is 12.8. The van der Waals surface area contributed by atoms with Gasteiger partial charge in [0.25, 0.3) is 0 Å². The van der Waals surface area contributed by atoms with E-state index in [1.54, 1.807) is 0 Å². The lowest BCUT2D eigenvalue weighted by atomic mass is 10.0. The highest BCUT2D eigenvalue weighted by Crippen LogP contribution is 2.17. The Labute approximate surface area is 392 Å². The molecule has 0 radical (unpaired) electrons. The number of rotatable bonds is 52. The van der Waals surface area contributed by atoms with Crippen LogP contribution in [0.2, 0.25) is 0 Å². The van der Waals surface area contributed by atoms with Gasteiger partial charge in [-0.15, -0.1) is 0 Å². The Morgan fingerprint density at radius 2 is 0.524 bits per heavy atom. The van der Waals surface area contributed by atoms with Crippen molar-refractivity contribution >= 4 is 17.9 Å². The Balaban J connectivity index is 4.30. The third kappa shape index (κ3) is 51.0. The molecule has 0 aromatic carbocycles. The van der Waals surface area contributed by atoms with E-state index in [0.29, 0.717) is 19.3 Å². The summed E-state index contributed by atoms with van der Waals surface area (Å²) in [5.41, 5.74) is 0. The van der Waals surface area contributed by atoms with Crippen molar-refractivity contribution in [3.05, 3.63) is 12.2 Å². The second-order valence-corrected chi connectivity index (χ2v) is 19.2. The van der Waals surface area contributed by atoms with Crippen molar-refractivity contribution in [1.82, 2.24) is 0 Å². The van der Waals surface area contributed by atoms with Crippen LogP contribution in [0.5, 0.6) is 0 Å². The van der Waals surface area contributed by atoms with Crippen LogP contribution in [-0.2, 0) is 28.6 Å². The minimum absolute atomic E-state index is 0.0655. The summed E-state index contributed by atoms with van der Waals surface area (Å²) < 4.78 is 16.9. The molecule has 0 fully saturated rings. The van der Waals surface area contributed by atoms with Crippen molar-refractivity contribution in [3.8, 4) is 0 Å². The van der Waals surface area contributed by atoms with Crippen LogP contribution < -0.4 is 0 Å². The van der Waals surface area contributed by atoms with Gasteiger partial charge < -0.3 is 14.2 Å². The van der Waals surface area contributed by atoms with E-state index in [-0.39, 0.29) is 31.1 Å². The molecule has 1 unspecified atom stereocenters. The van der Waals surface area contributed by atoms with Crippen LogP contribution in [0.25, 0.3) is 0 Å². The first-order valence-corrected chi connectivity index (χ1v) is 28.2. The van der Waals surface area contributed by atoms with Crippen molar-refractivity contribution in [2.45, 2.75) is 322 Å².